The zero-order valence-electron chi connectivity index (χ0n) is 21.7. The summed E-state index contributed by atoms with van der Waals surface area (Å²) >= 11 is 0. The summed E-state index contributed by atoms with van der Waals surface area (Å²) in [5.41, 5.74) is 0.292. The van der Waals surface area contributed by atoms with E-state index in [1.54, 1.807) is 24.4 Å². The summed E-state index contributed by atoms with van der Waals surface area (Å²) in [6.07, 6.45) is 11.1. The third-order valence-corrected chi connectivity index (χ3v) is 8.83. The van der Waals surface area contributed by atoms with Crippen molar-refractivity contribution in [2.45, 2.75) is 75.7 Å². The fourth-order valence-corrected chi connectivity index (χ4v) is 6.62. The normalized spacial score (nSPS) is 27.2. The molecule has 0 N–H and O–H groups in total. The number of hydrogen-bond acceptors (Lipinski definition) is 5. The van der Waals surface area contributed by atoms with Crippen LogP contribution in [0.5, 0.6) is 11.5 Å². The van der Waals surface area contributed by atoms with Crippen LogP contribution in [-0.2, 0) is 4.74 Å². The first-order valence-corrected chi connectivity index (χ1v) is 14.2. The molecule has 4 heterocycles. The highest BCUT2D eigenvalue weighted by atomic mass is 19.1. The van der Waals surface area contributed by atoms with Gasteiger partial charge in [-0.15, -0.1) is 0 Å². The Morgan fingerprint density at radius 3 is 2.55 bits per heavy atom. The van der Waals surface area contributed by atoms with E-state index in [2.05, 4.69) is 4.90 Å². The largest absolute Gasteiger partial charge is 0.491 e. The van der Waals surface area contributed by atoms with Crippen LogP contribution >= 0.6 is 0 Å². The van der Waals surface area contributed by atoms with Gasteiger partial charge >= 0.3 is 0 Å². The number of hydrogen-bond donors (Lipinski definition) is 0. The van der Waals surface area contributed by atoms with Crippen molar-refractivity contribution in [1.29, 1.82) is 0 Å². The minimum absolute atomic E-state index is 0.0448. The molecule has 1 aliphatic carbocycles. The number of benzene rings is 2. The van der Waals surface area contributed by atoms with E-state index in [0.29, 0.717) is 35.5 Å². The van der Waals surface area contributed by atoms with Crippen LogP contribution < -0.4 is 15.0 Å². The Balaban J connectivity index is 1.04. The van der Waals surface area contributed by atoms with Crippen LogP contribution in [0.4, 0.5) is 4.39 Å². The van der Waals surface area contributed by atoms with E-state index in [0.717, 1.165) is 43.6 Å². The first-order valence-electron chi connectivity index (χ1n) is 14.2. The molecule has 38 heavy (non-hydrogen) atoms. The maximum absolute atomic E-state index is 15.2. The molecule has 3 saturated heterocycles. The SMILES string of the molecule is O=c1c2ccc(OC[C@H]3CCCO3)cc2ccn1-c1ccc(OC2CC3CC[C@H](C2)N3CC2CC2)c(F)c1. The molecule has 0 amide bonds. The molecule has 1 saturated carbocycles. The molecule has 3 aliphatic heterocycles. The Labute approximate surface area is 222 Å². The van der Waals surface area contributed by atoms with Crippen LogP contribution in [0, 0.1) is 11.7 Å². The Morgan fingerprint density at radius 1 is 0.974 bits per heavy atom. The van der Waals surface area contributed by atoms with Gasteiger partial charge in [-0.2, -0.15) is 0 Å². The molecule has 3 aromatic rings. The first-order chi connectivity index (χ1) is 18.6. The highest BCUT2D eigenvalue weighted by Gasteiger charge is 2.43. The van der Waals surface area contributed by atoms with E-state index in [4.69, 9.17) is 14.2 Å². The smallest absolute Gasteiger partial charge is 0.262 e. The van der Waals surface area contributed by atoms with Gasteiger partial charge < -0.3 is 14.2 Å². The molecule has 2 aromatic carbocycles. The Bertz CT molecular complexity index is 1370. The lowest BCUT2D eigenvalue weighted by Crippen LogP contribution is -2.47. The maximum Gasteiger partial charge on any atom is 0.262 e. The molecule has 200 valence electrons. The third-order valence-electron chi connectivity index (χ3n) is 8.83. The van der Waals surface area contributed by atoms with E-state index in [-0.39, 0.29) is 23.5 Å². The van der Waals surface area contributed by atoms with Gasteiger partial charge in [-0.05, 0) is 99.1 Å². The molecule has 2 bridgehead atoms. The highest BCUT2D eigenvalue weighted by Crippen LogP contribution is 2.41. The summed E-state index contributed by atoms with van der Waals surface area (Å²) in [5, 5.41) is 1.35. The van der Waals surface area contributed by atoms with Gasteiger partial charge in [-0.1, -0.05) is 0 Å². The van der Waals surface area contributed by atoms with Gasteiger partial charge in [0.15, 0.2) is 11.6 Å². The fourth-order valence-electron chi connectivity index (χ4n) is 6.62. The van der Waals surface area contributed by atoms with Crippen molar-refractivity contribution in [3.05, 3.63) is 64.8 Å². The first kappa shape index (κ1) is 24.2. The number of ether oxygens (including phenoxy) is 3. The number of halogens is 1. The summed E-state index contributed by atoms with van der Waals surface area (Å²) in [4.78, 5) is 16.0. The van der Waals surface area contributed by atoms with Crippen LogP contribution in [0.3, 0.4) is 0 Å². The van der Waals surface area contributed by atoms with Crippen molar-refractivity contribution in [3.63, 3.8) is 0 Å². The summed E-state index contributed by atoms with van der Waals surface area (Å²) in [6, 6.07) is 13.3. The summed E-state index contributed by atoms with van der Waals surface area (Å²) in [7, 11) is 0. The summed E-state index contributed by atoms with van der Waals surface area (Å²) in [6.45, 7) is 2.53. The monoisotopic (exact) mass is 518 g/mol. The molecule has 0 spiro atoms. The average Bonchev–Trinajstić information content (AvgIpc) is 3.52. The molecule has 4 fully saturated rings. The van der Waals surface area contributed by atoms with E-state index in [1.807, 2.05) is 18.2 Å². The van der Waals surface area contributed by atoms with Gasteiger partial charge in [0.2, 0.25) is 0 Å². The summed E-state index contributed by atoms with van der Waals surface area (Å²) < 4.78 is 34.4. The van der Waals surface area contributed by atoms with Crippen molar-refractivity contribution < 1.29 is 18.6 Å². The maximum atomic E-state index is 15.2. The van der Waals surface area contributed by atoms with Gasteiger partial charge in [-0.25, -0.2) is 4.39 Å². The average molecular weight is 519 g/mol. The highest BCUT2D eigenvalue weighted by molar-refractivity contribution is 5.83. The molecule has 1 aromatic heterocycles. The van der Waals surface area contributed by atoms with Crippen LogP contribution in [0.1, 0.15) is 51.4 Å². The predicted molar refractivity (Wildman–Crippen MR) is 144 cm³/mol. The fraction of sp³-hybridized carbons (Fsp3) is 0.516. The van der Waals surface area contributed by atoms with Crippen molar-refractivity contribution in [2.24, 2.45) is 5.92 Å². The minimum atomic E-state index is -0.430. The number of pyridine rings is 1. The molecule has 7 rings (SSSR count). The lowest BCUT2D eigenvalue weighted by atomic mass is 9.99. The standard InChI is InChI=1S/C31H35FN2O4/c32-29-17-24(7-10-30(29)38-27-15-22-5-6-23(16-27)34(22)18-20-3-4-20)33-12-11-21-14-25(8-9-28(21)31(33)35)37-19-26-2-1-13-36-26/h7-12,14,17,20,22-23,26-27H,1-6,13,15-16,18-19H2/t22-,23?,26-,27?/m1/s1. The quantitative estimate of drug-likeness (QED) is 0.396. The second-order valence-electron chi connectivity index (χ2n) is 11.5. The second-order valence-corrected chi connectivity index (χ2v) is 11.5. The van der Waals surface area contributed by atoms with Crippen LogP contribution in [-0.4, -0.2) is 53.5 Å². The predicted octanol–water partition coefficient (Wildman–Crippen LogP) is 5.47. The van der Waals surface area contributed by atoms with Gasteiger partial charge in [0.05, 0.1) is 11.8 Å². The van der Waals surface area contributed by atoms with Crippen molar-refractivity contribution in [3.8, 4) is 17.2 Å². The zero-order chi connectivity index (χ0) is 25.6. The minimum Gasteiger partial charge on any atom is -0.491 e. The van der Waals surface area contributed by atoms with Crippen LogP contribution in [0.15, 0.2) is 53.5 Å². The Hall–Kier alpha value is -2.90. The topological polar surface area (TPSA) is 52.9 Å². The van der Waals surface area contributed by atoms with Gasteiger partial charge in [-0.3, -0.25) is 14.3 Å². The summed E-state index contributed by atoms with van der Waals surface area (Å²) in [5.74, 6) is 1.45. The van der Waals surface area contributed by atoms with Crippen molar-refractivity contribution in [2.75, 3.05) is 19.8 Å². The van der Waals surface area contributed by atoms with Crippen molar-refractivity contribution in [1.82, 2.24) is 9.47 Å². The Morgan fingerprint density at radius 2 is 1.82 bits per heavy atom. The number of piperidine rings is 1. The van der Waals surface area contributed by atoms with Crippen LogP contribution in [0.2, 0.25) is 0 Å². The van der Waals surface area contributed by atoms with E-state index in [1.165, 1.54) is 42.9 Å². The second kappa shape index (κ2) is 10.0. The zero-order valence-corrected chi connectivity index (χ0v) is 21.7. The van der Waals surface area contributed by atoms with Crippen LogP contribution in [0.25, 0.3) is 16.5 Å². The van der Waals surface area contributed by atoms with E-state index in [9.17, 15) is 4.79 Å². The molecule has 6 nitrogen and oxygen atoms in total. The Kier molecular flexibility index (Phi) is 6.36. The van der Waals surface area contributed by atoms with E-state index >= 15 is 4.39 Å². The molecular weight excluding hydrogens is 483 g/mol. The van der Waals surface area contributed by atoms with Gasteiger partial charge in [0.1, 0.15) is 18.5 Å². The molecular formula is C31H35FN2O4. The lowest BCUT2D eigenvalue weighted by Gasteiger charge is -2.39. The van der Waals surface area contributed by atoms with Gasteiger partial charge in [0, 0.05) is 42.9 Å². The molecule has 4 aliphatic rings. The van der Waals surface area contributed by atoms with Gasteiger partial charge in [0.25, 0.3) is 5.56 Å². The molecule has 2 unspecified atom stereocenters. The number of fused-ring (bicyclic) bond motifs is 3. The number of rotatable bonds is 8. The molecule has 4 atom stereocenters. The third kappa shape index (κ3) is 4.82. The number of nitrogens with zero attached hydrogens (tertiary/aromatic N) is 2. The molecule has 7 heteroatoms. The number of aromatic nitrogens is 1. The lowest BCUT2D eigenvalue weighted by molar-refractivity contribution is 0.0446. The van der Waals surface area contributed by atoms with E-state index < -0.39 is 5.82 Å². The van der Waals surface area contributed by atoms with Crippen molar-refractivity contribution >= 4 is 10.8 Å². The molecule has 0 radical (unpaired) electrons.